The minimum Gasteiger partial charge on any atom is -0.497 e. The van der Waals surface area contributed by atoms with Crippen LogP contribution < -0.4 is 10.1 Å². The molecule has 1 aromatic heterocycles. The third-order valence-electron chi connectivity index (χ3n) is 4.95. The lowest BCUT2D eigenvalue weighted by atomic mass is 10.0. The topological polar surface area (TPSA) is 82.5 Å². The van der Waals surface area contributed by atoms with Gasteiger partial charge in [0.05, 0.1) is 37.1 Å². The molecule has 168 valence electrons. The minimum absolute atomic E-state index is 0.0279. The number of aryl methyl sites for hydroxylation is 2. The number of hydrogen-bond acceptors (Lipinski definition) is 5. The Morgan fingerprint density at radius 3 is 2.22 bits per heavy atom. The molecule has 1 amide bonds. The molecule has 0 aliphatic carbocycles. The van der Waals surface area contributed by atoms with Crippen molar-refractivity contribution in [1.29, 1.82) is 0 Å². The zero-order valence-electron chi connectivity index (χ0n) is 19.1. The van der Waals surface area contributed by atoms with Crippen LogP contribution in [0.1, 0.15) is 53.6 Å². The van der Waals surface area contributed by atoms with Gasteiger partial charge in [0.25, 0.3) is 5.91 Å². The van der Waals surface area contributed by atoms with Crippen LogP contribution in [0.15, 0.2) is 54.6 Å². The molecule has 1 unspecified atom stereocenters. The van der Waals surface area contributed by atoms with Gasteiger partial charge in [0.2, 0.25) is 0 Å². The monoisotopic (exact) mass is 435 g/mol. The number of rotatable bonds is 8. The Hall–Kier alpha value is -3.61. The number of methoxy groups -OCH3 is 1. The molecule has 0 bridgehead atoms. The molecule has 1 atom stereocenters. The van der Waals surface area contributed by atoms with Gasteiger partial charge in [-0.25, -0.2) is 4.68 Å². The largest absolute Gasteiger partial charge is 0.497 e. The summed E-state index contributed by atoms with van der Waals surface area (Å²) < 4.78 is 12.3. The Labute approximate surface area is 188 Å². The first kappa shape index (κ1) is 23.1. The van der Waals surface area contributed by atoms with E-state index in [0.29, 0.717) is 11.3 Å². The molecule has 7 nitrogen and oxygen atoms in total. The standard InChI is InChI=1S/C25H29N3O4/c1-16(2)32-24(29)15-23(19-8-12-22(31-5)13-9-19)26-25(30)20-6-10-21(11-7-20)28-18(4)14-17(3)27-28/h6-14,16,23H,15H2,1-5H3,(H,26,30). The summed E-state index contributed by atoms with van der Waals surface area (Å²) in [6.07, 6.45) is -0.197. The fraction of sp³-hybridized carbons (Fsp3) is 0.320. The zero-order valence-corrected chi connectivity index (χ0v) is 19.1. The van der Waals surface area contributed by atoms with Gasteiger partial charge in [0.1, 0.15) is 5.75 Å². The summed E-state index contributed by atoms with van der Waals surface area (Å²) >= 11 is 0. The summed E-state index contributed by atoms with van der Waals surface area (Å²) in [6.45, 7) is 7.51. The van der Waals surface area contributed by atoms with Gasteiger partial charge in [0.15, 0.2) is 0 Å². The Morgan fingerprint density at radius 2 is 1.69 bits per heavy atom. The molecule has 7 heteroatoms. The first-order valence-electron chi connectivity index (χ1n) is 10.5. The van der Waals surface area contributed by atoms with E-state index in [0.717, 1.165) is 22.6 Å². The van der Waals surface area contributed by atoms with Crippen LogP contribution in [0.2, 0.25) is 0 Å². The van der Waals surface area contributed by atoms with Crippen molar-refractivity contribution < 1.29 is 19.1 Å². The van der Waals surface area contributed by atoms with Crippen molar-refractivity contribution in [3.8, 4) is 11.4 Å². The second-order valence-electron chi connectivity index (χ2n) is 7.93. The number of benzene rings is 2. The van der Waals surface area contributed by atoms with Crippen LogP contribution in [0.3, 0.4) is 0 Å². The Kier molecular flexibility index (Phi) is 7.30. The second-order valence-corrected chi connectivity index (χ2v) is 7.93. The summed E-state index contributed by atoms with van der Waals surface area (Å²) in [5.41, 5.74) is 4.10. The van der Waals surface area contributed by atoms with Crippen LogP contribution in [-0.4, -0.2) is 34.9 Å². The molecule has 1 N–H and O–H groups in total. The molecular weight excluding hydrogens is 406 g/mol. The minimum atomic E-state index is -0.532. The van der Waals surface area contributed by atoms with Gasteiger partial charge < -0.3 is 14.8 Å². The van der Waals surface area contributed by atoms with E-state index in [1.54, 1.807) is 45.2 Å². The normalized spacial score (nSPS) is 11.8. The van der Waals surface area contributed by atoms with E-state index in [9.17, 15) is 9.59 Å². The Morgan fingerprint density at radius 1 is 1.03 bits per heavy atom. The van der Waals surface area contributed by atoms with Gasteiger partial charge in [-0.2, -0.15) is 5.10 Å². The van der Waals surface area contributed by atoms with Crippen LogP contribution in [-0.2, 0) is 9.53 Å². The van der Waals surface area contributed by atoms with Gasteiger partial charge in [-0.05, 0) is 75.7 Å². The first-order valence-corrected chi connectivity index (χ1v) is 10.5. The predicted octanol–water partition coefficient (Wildman–Crippen LogP) is 4.31. The lowest BCUT2D eigenvalue weighted by Gasteiger charge is -2.20. The summed E-state index contributed by atoms with van der Waals surface area (Å²) in [4.78, 5) is 25.3. The van der Waals surface area contributed by atoms with Gasteiger partial charge >= 0.3 is 5.97 Å². The third-order valence-corrected chi connectivity index (χ3v) is 4.95. The van der Waals surface area contributed by atoms with E-state index in [4.69, 9.17) is 9.47 Å². The second kappa shape index (κ2) is 10.1. The molecule has 0 fully saturated rings. The highest BCUT2D eigenvalue weighted by Gasteiger charge is 2.21. The maximum Gasteiger partial charge on any atom is 0.308 e. The smallest absolute Gasteiger partial charge is 0.308 e. The SMILES string of the molecule is COc1ccc(C(CC(=O)OC(C)C)NC(=O)c2ccc(-n3nc(C)cc3C)cc2)cc1. The highest BCUT2D eigenvalue weighted by molar-refractivity contribution is 5.95. The van der Waals surface area contributed by atoms with Crippen molar-refractivity contribution in [2.75, 3.05) is 7.11 Å². The molecule has 0 saturated carbocycles. The van der Waals surface area contributed by atoms with Crippen molar-refractivity contribution in [3.63, 3.8) is 0 Å². The van der Waals surface area contributed by atoms with Crippen LogP contribution >= 0.6 is 0 Å². The van der Waals surface area contributed by atoms with E-state index in [1.165, 1.54) is 0 Å². The number of esters is 1. The highest BCUT2D eigenvalue weighted by atomic mass is 16.5. The van der Waals surface area contributed by atoms with Crippen molar-refractivity contribution in [2.24, 2.45) is 0 Å². The van der Waals surface area contributed by atoms with E-state index in [2.05, 4.69) is 10.4 Å². The lowest BCUT2D eigenvalue weighted by Crippen LogP contribution is -2.31. The van der Waals surface area contributed by atoms with Crippen molar-refractivity contribution in [3.05, 3.63) is 77.1 Å². The van der Waals surface area contributed by atoms with Crippen molar-refractivity contribution in [1.82, 2.24) is 15.1 Å². The zero-order chi connectivity index (χ0) is 23.3. The molecule has 0 aliphatic rings. The number of carbonyl (C=O) groups is 2. The number of nitrogens with one attached hydrogen (secondary N) is 1. The molecule has 2 aromatic carbocycles. The Balaban J connectivity index is 1.78. The summed E-state index contributed by atoms with van der Waals surface area (Å²) in [6, 6.07) is 15.9. The van der Waals surface area contributed by atoms with Crippen LogP contribution in [0, 0.1) is 13.8 Å². The molecule has 32 heavy (non-hydrogen) atoms. The number of carbonyl (C=O) groups excluding carboxylic acids is 2. The number of ether oxygens (including phenoxy) is 2. The quantitative estimate of drug-likeness (QED) is 0.533. The van der Waals surface area contributed by atoms with E-state index in [-0.39, 0.29) is 24.4 Å². The lowest BCUT2D eigenvalue weighted by molar-refractivity contribution is -0.147. The third kappa shape index (κ3) is 5.75. The van der Waals surface area contributed by atoms with Gasteiger partial charge in [-0.15, -0.1) is 0 Å². The van der Waals surface area contributed by atoms with E-state index < -0.39 is 6.04 Å². The van der Waals surface area contributed by atoms with E-state index >= 15 is 0 Å². The maximum absolute atomic E-state index is 13.0. The van der Waals surface area contributed by atoms with Gasteiger partial charge in [-0.3, -0.25) is 9.59 Å². The molecular formula is C25H29N3O4. The van der Waals surface area contributed by atoms with Crippen molar-refractivity contribution in [2.45, 2.75) is 46.3 Å². The molecule has 3 aromatic rings. The fourth-order valence-electron chi connectivity index (χ4n) is 3.45. The van der Waals surface area contributed by atoms with Crippen LogP contribution in [0.4, 0.5) is 0 Å². The fourth-order valence-corrected chi connectivity index (χ4v) is 3.45. The van der Waals surface area contributed by atoms with Crippen LogP contribution in [0.25, 0.3) is 5.69 Å². The molecule has 0 spiro atoms. The summed E-state index contributed by atoms with van der Waals surface area (Å²) in [5.74, 6) is 0.0485. The Bertz CT molecular complexity index is 1070. The molecule has 0 radical (unpaired) electrons. The average Bonchev–Trinajstić information content (AvgIpc) is 3.10. The molecule has 3 rings (SSSR count). The number of nitrogens with zero attached hydrogens (tertiary/aromatic N) is 2. The van der Waals surface area contributed by atoms with E-state index in [1.807, 2.05) is 48.9 Å². The number of amides is 1. The summed E-state index contributed by atoms with van der Waals surface area (Å²) in [5, 5.41) is 7.43. The predicted molar refractivity (Wildman–Crippen MR) is 122 cm³/mol. The van der Waals surface area contributed by atoms with Gasteiger partial charge in [-0.1, -0.05) is 12.1 Å². The number of aromatic nitrogens is 2. The number of hydrogen-bond donors (Lipinski definition) is 1. The maximum atomic E-state index is 13.0. The van der Waals surface area contributed by atoms with Crippen molar-refractivity contribution >= 4 is 11.9 Å². The highest BCUT2D eigenvalue weighted by Crippen LogP contribution is 2.22. The van der Waals surface area contributed by atoms with Crippen LogP contribution in [0.5, 0.6) is 5.75 Å². The van der Waals surface area contributed by atoms with Gasteiger partial charge in [0, 0.05) is 11.3 Å². The average molecular weight is 436 g/mol. The summed E-state index contributed by atoms with van der Waals surface area (Å²) in [7, 11) is 1.59. The molecule has 1 heterocycles. The molecule has 0 saturated heterocycles. The molecule has 0 aliphatic heterocycles. The first-order chi connectivity index (χ1) is 15.3.